The number of carbonyl (C=O) groups excluding carboxylic acids is 1. The van der Waals surface area contributed by atoms with E-state index in [4.69, 9.17) is 0 Å². The number of halogens is 19. The summed E-state index contributed by atoms with van der Waals surface area (Å²) in [4.78, 5) is 11.0. The Morgan fingerprint density at radius 1 is 0.500 bits per heavy atom. The normalized spacial score (nSPS) is 17.3. The van der Waals surface area contributed by atoms with Gasteiger partial charge in [0.15, 0.2) is 0 Å². The van der Waals surface area contributed by atoms with Gasteiger partial charge in [-0.2, -0.15) is 83.4 Å². The third-order valence-corrected chi connectivity index (χ3v) is 3.68. The van der Waals surface area contributed by atoms with E-state index in [2.05, 4.69) is 11.3 Å². The van der Waals surface area contributed by atoms with Crippen molar-refractivity contribution in [1.29, 1.82) is 0 Å². The first-order valence-electron chi connectivity index (χ1n) is 7.31. The van der Waals surface area contributed by atoms with E-state index in [1.165, 1.54) is 0 Å². The van der Waals surface area contributed by atoms with E-state index in [9.17, 15) is 88.2 Å². The van der Waals surface area contributed by atoms with Crippen LogP contribution in [0, 0.1) is 0 Å². The number of alkyl halides is 19. The number of ether oxygens (including phenoxy) is 1. The van der Waals surface area contributed by atoms with Gasteiger partial charge in [0.2, 0.25) is 0 Å². The van der Waals surface area contributed by atoms with Gasteiger partial charge in [-0.25, -0.2) is 4.79 Å². The molecule has 0 saturated carbocycles. The Bertz CT molecular complexity index is 804. The highest BCUT2D eigenvalue weighted by Crippen LogP contribution is 2.65. The molecule has 21 heteroatoms. The zero-order chi connectivity index (χ0) is 28.4. The van der Waals surface area contributed by atoms with Crippen molar-refractivity contribution in [3.8, 4) is 0 Å². The molecule has 0 rings (SSSR count). The summed E-state index contributed by atoms with van der Waals surface area (Å²) >= 11 is 0. The molecule has 0 spiro atoms. The predicted molar refractivity (Wildman–Crippen MR) is 66.5 cm³/mol. The Labute approximate surface area is 173 Å². The van der Waals surface area contributed by atoms with E-state index in [1.54, 1.807) is 0 Å². The molecule has 202 valence electrons. The second kappa shape index (κ2) is 7.95. The van der Waals surface area contributed by atoms with Gasteiger partial charge in [-0.05, 0) is 6.92 Å². The second-order valence-electron chi connectivity index (χ2n) is 6.21. The Balaban J connectivity index is 7.35. The Morgan fingerprint density at radius 3 is 1.03 bits per heavy atom. The van der Waals surface area contributed by atoms with Crippen LogP contribution in [0.4, 0.5) is 83.4 Å². The summed E-state index contributed by atoms with van der Waals surface area (Å²) in [5.41, 5.74) is -1.68. The average molecular weight is 554 g/mol. The van der Waals surface area contributed by atoms with Crippen LogP contribution in [0.3, 0.4) is 0 Å². The third kappa shape index (κ3) is 4.01. The van der Waals surface area contributed by atoms with Crippen LogP contribution in [-0.2, 0) is 9.53 Å². The van der Waals surface area contributed by atoms with E-state index in [0.717, 1.165) is 0 Å². The van der Waals surface area contributed by atoms with Crippen LogP contribution in [0.15, 0.2) is 12.2 Å². The van der Waals surface area contributed by atoms with Gasteiger partial charge in [0, 0.05) is 5.57 Å². The summed E-state index contributed by atoms with van der Waals surface area (Å²) in [5, 5.41) is 0. The molecule has 2 nitrogen and oxygen atoms in total. The van der Waals surface area contributed by atoms with Crippen molar-refractivity contribution in [3.63, 3.8) is 0 Å². The van der Waals surface area contributed by atoms with Gasteiger partial charge in [-0.15, -0.1) is 0 Å². The van der Waals surface area contributed by atoms with Crippen LogP contribution in [0.25, 0.3) is 0 Å². The maximum atomic E-state index is 14.2. The van der Waals surface area contributed by atoms with Crippen molar-refractivity contribution in [1.82, 2.24) is 0 Å². The number of rotatable bonds is 8. The molecule has 0 aromatic carbocycles. The van der Waals surface area contributed by atoms with Crippen LogP contribution in [-0.4, -0.2) is 59.7 Å². The molecule has 34 heavy (non-hydrogen) atoms. The Kier molecular flexibility index (Phi) is 7.46. The topological polar surface area (TPSA) is 26.3 Å². The van der Waals surface area contributed by atoms with Gasteiger partial charge in [-0.1, -0.05) is 6.58 Å². The average Bonchev–Trinajstić information content (AvgIpc) is 2.58. The molecule has 0 radical (unpaired) electrons. The van der Waals surface area contributed by atoms with E-state index in [1.807, 2.05) is 0 Å². The first-order valence-corrected chi connectivity index (χ1v) is 7.31. The van der Waals surface area contributed by atoms with Crippen molar-refractivity contribution >= 4 is 5.97 Å². The van der Waals surface area contributed by atoms with E-state index >= 15 is 0 Å². The number of hydrogen-bond acceptors (Lipinski definition) is 2. The summed E-state index contributed by atoms with van der Waals surface area (Å²) in [6.07, 6.45) is -15.8. The number of esters is 1. The monoisotopic (exact) mass is 554 g/mol. The summed E-state index contributed by atoms with van der Waals surface area (Å²) in [5.74, 6) is -63.5. The van der Waals surface area contributed by atoms with Crippen LogP contribution >= 0.6 is 0 Å². The zero-order valence-electron chi connectivity index (χ0n) is 15.2. The molecule has 0 aliphatic heterocycles. The van der Waals surface area contributed by atoms with Crippen molar-refractivity contribution in [2.24, 2.45) is 0 Å². The third-order valence-electron chi connectivity index (χ3n) is 3.68. The maximum Gasteiger partial charge on any atom is 0.461 e. The number of hydrogen-bond donors (Lipinski definition) is 0. The molecule has 0 N–H and O–H groups in total. The predicted octanol–water partition coefficient (Wildman–Crippen LogP) is 6.71. The second-order valence-corrected chi connectivity index (χ2v) is 6.21. The molecule has 0 fully saturated rings. The summed E-state index contributed by atoms with van der Waals surface area (Å²) < 4.78 is 250. The van der Waals surface area contributed by atoms with Gasteiger partial charge in [0.1, 0.15) is 0 Å². The minimum Gasteiger partial charge on any atom is -0.413 e. The molecule has 0 aromatic heterocycles. The lowest BCUT2D eigenvalue weighted by atomic mass is 9.88. The van der Waals surface area contributed by atoms with Gasteiger partial charge in [0.05, 0.1) is 0 Å². The highest BCUT2D eigenvalue weighted by atomic mass is 19.4. The molecule has 1 atom stereocenters. The summed E-state index contributed by atoms with van der Waals surface area (Å²) in [7, 11) is 0. The standard InChI is InChI=1S/C13H5F19O2/c1-3(2)4(33)34-11(26,10(24,25)13(30,31)32)8(20,21)6(16,17)5(14,15)7(18,19)9(22,23)12(27,28)29/h1H2,2H3. The van der Waals surface area contributed by atoms with Crippen molar-refractivity contribution in [2.45, 2.75) is 60.7 Å². The summed E-state index contributed by atoms with van der Waals surface area (Å²) in [6.45, 7) is 2.41. The van der Waals surface area contributed by atoms with E-state index < -0.39 is 65.3 Å². The fourth-order valence-electron chi connectivity index (χ4n) is 1.69. The molecule has 0 bridgehead atoms. The van der Waals surface area contributed by atoms with Crippen molar-refractivity contribution in [2.75, 3.05) is 0 Å². The van der Waals surface area contributed by atoms with Crippen LogP contribution in [0.2, 0.25) is 0 Å². The molecular weight excluding hydrogens is 549 g/mol. The largest absolute Gasteiger partial charge is 0.461 e. The molecule has 0 saturated heterocycles. The Morgan fingerprint density at radius 2 is 0.765 bits per heavy atom. The van der Waals surface area contributed by atoms with Gasteiger partial charge in [0.25, 0.3) is 0 Å². The highest BCUT2D eigenvalue weighted by Gasteiger charge is 2.97. The van der Waals surface area contributed by atoms with Crippen LogP contribution in [0.1, 0.15) is 6.92 Å². The smallest absolute Gasteiger partial charge is 0.413 e. The SMILES string of the molecule is C=C(C)C(=O)OC(F)(C(F)(F)C(F)(F)F)C(F)(F)C(F)(F)C(F)(F)C(F)(F)C(F)(F)C(F)(F)F. The summed E-state index contributed by atoms with van der Waals surface area (Å²) in [6, 6.07) is 0. The van der Waals surface area contributed by atoms with Crippen molar-refractivity contribution < 1.29 is 92.9 Å². The minimum atomic E-state index is -8.98. The molecule has 0 aromatic rings. The van der Waals surface area contributed by atoms with Gasteiger partial charge < -0.3 is 4.74 Å². The van der Waals surface area contributed by atoms with Gasteiger partial charge in [-0.3, -0.25) is 0 Å². The maximum absolute atomic E-state index is 14.2. The molecule has 0 heterocycles. The quantitative estimate of drug-likeness (QED) is 0.190. The zero-order valence-corrected chi connectivity index (χ0v) is 15.2. The van der Waals surface area contributed by atoms with Crippen LogP contribution < -0.4 is 0 Å². The number of carbonyl (C=O) groups is 1. The molecule has 0 aliphatic carbocycles. The molecular formula is C13H5F19O2. The minimum absolute atomic E-state index is 0.122. The van der Waals surface area contributed by atoms with Crippen molar-refractivity contribution in [3.05, 3.63) is 12.2 Å². The molecule has 0 aliphatic rings. The van der Waals surface area contributed by atoms with E-state index in [-0.39, 0.29) is 6.92 Å². The van der Waals surface area contributed by atoms with Gasteiger partial charge >= 0.3 is 59.7 Å². The lowest BCUT2D eigenvalue weighted by molar-refractivity contribution is -0.483. The first kappa shape index (κ1) is 31.9. The first-order chi connectivity index (χ1) is 14.3. The van der Waals surface area contributed by atoms with E-state index in [0.29, 0.717) is 0 Å². The lowest BCUT2D eigenvalue weighted by Gasteiger charge is -2.44. The fourth-order valence-corrected chi connectivity index (χ4v) is 1.69. The Hall–Kier alpha value is -2.12. The fraction of sp³-hybridized carbons (Fsp3) is 0.769. The van der Waals surface area contributed by atoms with Crippen LogP contribution in [0.5, 0.6) is 0 Å². The lowest BCUT2D eigenvalue weighted by Crippen LogP contribution is -2.77. The molecule has 0 amide bonds. The highest BCUT2D eigenvalue weighted by molar-refractivity contribution is 5.87. The molecule has 1 unspecified atom stereocenters.